The maximum Gasteiger partial charge on any atom is 0.343 e. The minimum Gasteiger partial charge on any atom is -0.494 e. The smallest absolute Gasteiger partial charge is 0.343 e. The number of hydrogen-bond donors (Lipinski definition) is 2. The van der Waals surface area contributed by atoms with Crippen LogP contribution in [0.4, 0.5) is 5.69 Å². The summed E-state index contributed by atoms with van der Waals surface area (Å²) in [6, 6.07) is 19.9. The summed E-state index contributed by atoms with van der Waals surface area (Å²) in [4.78, 5) is 36.3. The fraction of sp³-hybridized carbons (Fsp3) is 0.185. The fourth-order valence-corrected chi connectivity index (χ4v) is 2.90. The van der Waals surface area contributed by atoms with Crippen LogP contribution >= 0.6 is 0 Å². The molecule has 3 rings (SSSR count). The maximum atomic E-state index is 12.3. The largest absolute Gasteiger partial charge is 0.494 e. The van der Waals surface area contributed by atoms with Crippen molar-refractivity contribution < 1.29 is 28.6 Å². The topological polar surface area (TPSA) is 115 Å². The van der Waals surface area contributed by atoms with Gasteiger partial charge in [-0.25, -0.2) is 10.2 Å². The molecule has 0 spiro atoms. The Balaban J connectivity index is 1.46. The van der Waals surface area contributed by atoms with Gasteiger partial charge in [0.05, 0.1) is 25.0 Å². The highest BCUT2D eigenvalue weighted by Crippen LogP contribution is 2.17. The number of nitrogens with one attached hydrogen (secondary N) is 2. The van der Waals surface area contributed by atoms with E-state index in [0.29, 0.717) is 47.3 Å². The van der Waals surface area contributed by atoms with Gasteiger partial charge in [-0.1, -0.05) is 6.92 Å². The molecule has 0 aliphatic carbocycles. The van der Waals surface area contributed by atoms with Crippen LogP contribution in [0.1, 0.15) is 36.2 Å². The predicted octanol–water partition coefficient (Wildman–Crippen LogP) is 4.18. The third kappa shape index (κ3) is 7.98. The summed E-state index contributed by atoms with van der Waals surface area (Å²) in [5, 5.41) is 6.26. The Labute approximate surface area is 209 Å². The molecule has 3 aromatic rings. The lowest BCUT2D eigenvalue weighted by molar-refractivity contribution is -0.136. The molecule has 0 aromatic heterocycles. The average Bonchev–Trinajstić information content (AvgIpc) is 2.90. The SMILES string of the molecule is CCCOc1ccc(C(=O)Oc2ccc(/C=N/NC(=O)C(=O)Nc3ccc(OCC)cc3)cc2)cc1. The third-order valence-electron chi connectivity index (χ3n) is 4.66. The van der Waals surface area contributed by atoms with Crippen molar-refractivity contribution in [2.75, 3.05) is 18.5 Å². The van der Waals surface area contributed by atoms with Crippen molar-refractivity contribution in [3.05, 3.63) is 83.9 Å². The number of ether oxygens (including phenoxy) is 3. The predicted molar refractivity (Wildman–Crippen MR) is 136 cm³/mol. The zero-order chi connectivity index (χ0) is 25.8. The van der Waals surface area contributed by atoms with Crippen molar-refractivity contribution in [1.29, 1.82) is 0 Å². The number of nitrogens with zero attached hydrogens (tertiary/aromatic N) is 1. The second-order valence-corrected chi connectivity index (χ2v) is 7.44. The van der Waals surface area contributed by atoms with Crippen molar-refractivity contribution >= 4 is 29.7 Å². The van der Waals surface area contributed by atoms with E-state index in [0.717, 1.165) is 6.42 Å². The van der Waals surface area contributed by atoms with E-state index in [1.807, 2.05) is 13.8 Å². The van der Waals surface area contributed by atoms with E-state index in [1.54, 1.807) is 72.8 Å². The molecule has 0 atom stereocenters. The first-order valence-electron chi connectivity index (χ1n) is 11.4. The van der Waals surface area contributed by atoms with Gasteiger partial charge in [-0.15, -0.1) is 0 Å². The molecular formula is C27H27N3O6. The van der Waals surface area contributed by atoms with E-state index < -0.39 is 17.8 Å². The number of amides is 2. The molecule has 2 N–H and O–H groups in total. The Bertz CT molecular complexity index is 1190. The first-order valence-corrected chi connectivity index (χ1v) is 11.4. The van der Waals surface area contributed by atoms with Crippen LogP contribution in [0.25, 0.3) is 0 Å². The van der Waals surface area contributed by atoms with Crippen LogP contribution in [0.15, 0.2) is 77.9 Å². The number of carbonyl (C=O) groups excluding carboxylic acids is 3. The van der Waals surface area contributed by atoms with Gasteiger partial charge in [0, 0.05) is 5.69 Å². The van der Waals surface area contributed by atoms with Crippen LogP contribution in [0.3, 0.4) is 0 Å². The zero-order valence-electron chi connectivity index (χ0n) is 20.0. The molecule has 0 bridgehead atoms. The molecule has 0 unspecified atom stereocenters. The second kappa shape index (κ2) is 13.3. The van der Waals surface area contributed by atoms with E-state index in [1.165, 1.54) is 6.21 Å². The molecular weight excluding hydrogens is 462 g/mol. The Morgan fingerprint density at radius 3 is 2.03 bits per heavy atom. The van der Waals surface area contributed by atoms with Gasteiger partial charge in [-0.3, -0.25) is 9.59 Å². The van der Waals surface area contributed by atoms with Gasteiger partial charge in [0.25, 0.3) is 0 Å². The molecule has 36 heavy (non-hydrogen) atoms. The van der Waals surface area contributed by atoms with Crippen LogP contribution in [0.5, 0.6) is 17.2 Å². The van der Waals surface area contributed by atoms with Gasteiger partial charge in [-0.2, -0.15) is 5.10 Å². The van der Waals surface area contributed by atoms with Crippen LogP contribution in [-0.4, -0.2) is 37.2 Å². The molecule has 0 heterocycles. The summed E-state index contributed by atoms with van der Waals surface area (Å²) in [6.45, 7) is 5.03. The van der Waals surface area contributed by atoms with Crippen LogP contribution in [0.2, 0.25) is 0 Å². The number of carbonyl (C=O) groups is 3. The van der Waals surface area contributed by atoms with Crippen molar-refractivity contribution in [2.45, 2.75) is 20.3 Å². The minimum absolute atomic E-state index is 0.349. The summed E-state index contributed by atoms with van der Waals surface area (Å²) in [5.74, 6) is -0.568. The summed E-state index contributed by atoms with van der Waals surface area (Å²) >= 11 is 0. The molecule has 9 heteroatoms. The molecule has 0 saturated heterocycles. The Hall–Kier alpha value is -4.66. The van der Waals surface area contributed by atoms with E-state index >= 15 is 0 Å². The third-order valence-corrected chi connectivity index (χ3v) is 4.66. The number of benzene rings is 3. The normalized spacial score (nSPS) is 10.5. The molecule has 0 aliphatic rings. The molecule has 2 amide bonds. The molecule has 9 nitrogen and oxygen atoms in total. The molecule has 0 fully saturated rings. The number of hydrogen-bond acceptors (Lipinski definition) is 7. The van der Waals surface area contributed by atoms with Crippen LogP contribution in [-0.2, 0) is 9.59 Å². The number of hydrazone groups is 1. The number of esters is 1. The van der Waals surface area contributed by atoms with Gasteiger partial charge < -0.3 is 19.5 Å². The Morgan fingerprint density at radius 1 is 0.778 bits per heavy atom. The minimum atomic E-state index is -0.920. The summed E-state index contributed by atoms with van der Waals surface area (Å²) < 4.78 is 16.2. The quantitative estimate of drug-likeness (QED) is 0.145. The lowest BCUT2D eigenvalue weighted by Crippen LogP contribution is -2.32. The first kappa shape index (κ1) is 26.0. The van der Waals surface area contributed by atoms with Gasteiger partial charge in [0.1, 0.15) is 17.2 Å². The second-order valence-electron chi connectivity index (χ2n) is 7.44. The number of rotatable bonds is 10. The van der Waals surface area contributed by atoms with Crippen molar-refractivity contribution in [3.8, 4) is 17.2 Å². The van der Waals surface area contributed by atoms with Crippen molar-refractivity contribution in [2.24, 2.45) is 5.10 Å². The lowest BCUT2D eigenvalue weighted by Gasteiger charge is -2.07. The van der Waals surface area contributed by atoms with E-state index in [9.17, 15) is 14.4 Å². The number of anilines is 1. The average molecular weight is 490 g/mol. The van der Waals surface area contributed by atoms with E-state index in [4.69, 9.17) is 14.2 Å². The molecule has 0 aliphatic heterocycles. The van der Waals surface area contributed by atoms with E-state index in [-0.39, 0.29) is 0 Å². The monoisotopic (exact) mass is 489 g/mol. The highest BCUT2D eigenvalue weighted by atomic mass is 16.5. The highest BCUT2D eigenvalue weighted by Gasteiger charge is 2.13. The molecule has 186 valence electrons. The van der Waals surface area contributed by atoms with Crippen LogP contribution in [0, 0.1) is 0 Å². The summed E-state index contributed by atoms with van der Waals surface area (Å²) in [6.07, 6.45) is 2.26. The van der Waals surface area contributed by atoms with Crippen molar-refractivity contribution in [3.63, 3.8) is 0 Å². The van der Waals surface area contributed by atoms with Crippen LogP contribution < -0.4 is 25.0 Å². The van der Waals surface area contributed by atoms with Gasteiger partial charge >= 0.3 is 17.8 Å². The highest BCUT2D eigenvalue weighted by molar-refractivity contribution is 6.39. The van der Waals surface area contributed by atoms with Crippen molar-refractivity contribution in [1.82, 2.24) is 5.43 Å². The first-order chi connectivity index (χ1) is 17.5. The fourth-order valence-electron chi connectivity index (χ4n) is 2.90. The van der Waals surface area contributed by atoms with Gasteiger partial charge in [0.15, 0.2) is 0 Å². The lowest BCUT2D eigenvalue weighted by atomic mass is 10.2. The maximum absolute atomic E-state index is 12.3. The van der Waals surface area contributed by atoms with Gasteiger partial charge in [0.2, 0.25) is 0 Å². The molecule has 0 saturated carbocycles. The molecule has 3 aromatic carbocycles. The Kier molecular flexibility index (Phi) is 9.58. The summed E-state index contributed by atoms with van der Waals surface area (Å²) in [7, 11) is 0. The summed E-state index contributed by atoms with van der Waals surface area (Å²) in [5.41, 5.74) is 3.64. The zero-order valence-corrected chi connectivity index (χ0v) is 20.0. The van der Waals surface area contributed by atoms with Gasteiger partial charge in [-0.05, 0) is 91.7 Å². The van der Waals surface area contributed by atoms with E-state index in [2.05, 4.69) is 15.8 Å². The Morgan fingerprint density at radius 2 is 1.39 bits per heavy atom. The standard InChI is InChI=1S/C27H27N3O6/c1-3-17-35-23-13-7-20(8-14-23)27(33)36-24-11-5-19(6-12-24)18-28-30-26(32)25(31)29-21-9-15-22(16-10-21)34-4-2/h5-16,18H,3-4,17H2,1-2H3,(H,29,31)(H,30,32)/b28-18+. The molecule has 0 radical (unpaired) electrons.